The number of nitrogens with two attached hydrogens (primary N) is 1. The van der Waals surface area contributed by atoms with Crippen LogP contribution >= 0.6 is 0 Å². The summed E-state index contributed by atoms with van der Waals surface area (Å²) in [6.07, 6.45) is 6.95. The second kappa shape index (κ2) is 6.53. The number of nitrogens with zero attached hydrogens (tertiary/aromatic N) is 2. The van der Waals surface area contributed by atoms with Gasteiger partial charge in [-0.3, -0.25) is 9.69 Å². The zero-order valence-electron chi connectivity index (χ0n) is 11.6. The quantitative estimate of drug-likeness (QED) is 0.822. The molecule has 2 atom stereocenters. The van der Waals surface area contributed by atoms with E-state index in [1.165, 1.54) is 19.3 Å². The number of likely N-dealkylation sites (tertiary alicyclic amines) is 2. The fourth-order valence-electron chi connectivity index (χ4n) is 3.27. The lowest BCUT2D eigenvalue weighted by atomic mass is 10.00. The normalized spacial score (nSPS) is 30.4. The number of carbonyl (C=O) groups is 1. The van der Waals surface area contributed by atoms with E-state index in [9.17, 15) is 4.79 Å². The lowest BCUT2D eigenvalue weighted by Gasteiger charge is -2.38. The van der Waals surface area contributed by atoms with E-state index in [1.54, 1.807) is 0 Å². The van der Waals surface area contributed by atoms with Gasteiger partial charge in [-0.25, -0.2) is 0 Å². The average Bonchev–Trinajstić information content (AvgIpc) is 2.38. The summed E-state index contributed by atoms with van der Waals surface area (Å²) in [6.45, 7) is 5.63. The topological polar surface area (TPSA) is 49.6 Å². The van der Waals surface area contributed by atoms with Crippen molar-refractivity contribution >= 4 is 5.91 Å². The predicted molar refractivity (Wildman–Crippen MR) is 73.3 cm³/mol. The largest absolute Gasteiger partial charge is 0.339 e. The number of carbonyl (C=O) groups excluding carboxylic acids is 1. The molecule has 0 aromatic carbocycles. The Labute approximate surface area is 110 Å². The van der Waals surface area contributed by atoms with E-state index >= 15 is 0 Å². The van der Waals surface area contributed by atoms with Gasteiger partial charge in [-0.15, -0.1) is 0 Å². The summed E-state index contributed by atoms with van der Waals surface area (Å²) in [5.74, 6) is 0.315. The Morgan fingerprint density at radius 2 is 2.06 bits per heavy atom. The third-order valence-corrected chi connectivity index (χ3v) is 4.32. The van der Waals surface area contributed by atoms with Crippen molar-refractivity contribution in [2.75, 3.05) is 26.2 Å². The van der Waals surface area contributed by atoms with Gasteiger partial charge in [0.1, 0.15) is 0 Å². The molecule has 0 aliphatic carbocycles. The van der Waals surface area contributed by atoms with E-state index in [2.05, 4.69) is 16.7 Å². The highest BCUT2D eigenvalue weighted by Crippen LogP contribution is 2.20. The van der Waals surface area contributed by atoms with Gasteiger partial charge in [-0.1, -0.05) is 6.92 Å². The molecule has 4 heteroatoms. The highest BCUT2D eigenvalue weighted by Gasteiger charge is 2.27. The van der Waals surface area contributed by atoms with Crippen LogP contribution in [0.3, 0.4) is 0 Å². The Hall–Kier alpha value is -0.610. The van der Waals surface area contributed by atoms with Crippen LogP contribution in [-0.4, -0.2) is 54.0 Å². The molecule has 2 fully saturated rings. The van der Waals surface area contributed by atoms with Gasteiger partial charge in [0.15, 0.2) is 0 Å². The Balaban J connectivity index is 1.85. The highest BCUT2D eigenvalue weighted by atomic mass is 16.2. The zero-order valence-corrected chi connectivity index (χ0v) is 11.6. The first-order chi connectivity index (χ1) is 8.70. The SMILES string of the molecule is CCC1CCCCN1C(=O)CN1CCC[C@@H](N)C1. The van der Waals surface area contributed by atoms with E-state index in [1.807, 2.05) is 0 Å². The molecule has 0 radical (unpaired) electrons. The molecule has 1 amide bonds. The summed E-state index contributed by atoms with van der Waals surface area (Å²) in [4.78, 5) is 16.7. The monoisotopic (exact) mass is 253 g/mol. The Bertz CT molecular complexity index is 282. The molecule has 2 heterocycles. The number of amides is 1. The van der Waals surface area contributed by atoms with Crippen LogP contribution < -0.4 is 5.73 Å². The van der Waals surface area contributed by atoms with E-state index in [0.717, 1.165) is 38.9 Å². The number of hydrogen-bond donors (Lipinski definition) is 1. The van der Waals surface area contributed by atoms with Crippen LogP contribution in [0, 0.1) is 0 Å². The predicted octanol–water partition coefficient (Wildman–Crippen LogP) is 1.20. The van der Waals surface area contributed by atoms with Gasteiger partial charge in [0, 0.05) is 25.2 Å². The minimum absolute atomic E-state index is 0.259. The van der Waals surface area contributed by atoms with Gasteiger partial charge in [0.25, 0.3) is 0 Å². The third-order valence-electron chi connectivity index (χ3n) is 4.32. The molecular weight excluding hydrogens is 226 g/mol. The molecular formula is C14H27N3O. The first-order valence-corrected chi connectivity index (χ1v) is 7.48. The van der Waals surface area contributed by atoms with Gasteiger partial charge in [0.2, 0.25) is 5.91 Å². The van der Waals surface area contributed by atoms with Crippen LogP contribution in [0.5, 0.6) is 0 Å². The van der Waals surface area contributed by atoms with Crippen molar-refractivity contribution in [1.29, 1.82) is 0 Å². The molecule has 2 rings (SSSR count). The standard InChI is InChI=1S/C14H27N3O/c1-2-13-7-3-4-9-17(13)14(18)11-16-8-5-6-12(15)10-16/h12-13H,2-11,15H2,1H3/t12-,13?/m1/s1. The second-order valence-corrected chi connectivity index (χ2v) is 5.78. The summed E-state index contributed by atoms with van der Waals surface area (Å²) in [5, 5.41) is 0. The van der Waals surface area contributed by atoms with Crippen LogP contribution in [0.2, 0.25) is 0 Å². The smallest absolute Gasteiger partial charge is 0.236 e. The highest BCUT2D eigenvalue weighted by molar-refractivity contribution is 5.78. The lowest BCUT2D eigenvalue weighted by Crippen LogP contribution is -2.51. The Morgan fingerprint density at radius 1 is 1.22 bits per heavy atom. The minimum atomic E-state index is 0.259. The maximum Gasteiger partial charge on any atom is 0.236 e. The van der Waals surface area contributed by atoms with Gasteiger partial charge in [0.05, 0.1) is 6.54 Å². The van der Waals surface area contributed by atoms with Crippen molar-refractivity contribution < 1.29 is 4.79 Å². The summed E-state index contributed by atoms with van der Waals surface area (Å²) in [5.41, 5.74) is 5.97. The van der Waals surface area contributed by atoms with Crippen molar-refractivity contribution in [1.82, 2.24) is 9.80 Å². The van der Waals surface area contributed by atoms with Gasteiger partial charge in [-0.2, -0.15) is 0 Å². The Morgan fingerprint density at radius 3 is 2.78 bits per heavy atom. The molecule has 0 bridgehead atoms. The molecule has 2 aliphatic heterocycles. The van der Waals surface area contributed by atoms with E-state index in [-0.39, 0.29) is 6.04 Å². The fraction of sp³-hybridized carbons (Fsp3) is 0.929. The van der Waals surface area contributed by atoms with Crippen molar-refractivity contribution in [3.63, 3.8) is 0 Å². The molecule has 2 aliphatic rings. The van der Waals surface area contributed by atoms with E-state index < -0.39 is 0 Å². The summed E-state index contributed by atoms with van der Waals surface area (Å²) in [7, 11) is 0. The molecule has 0 aromatic rings. The molecule has 0 saturated carbocycles. The van der Waals surface area contributed by atoms with Crippen molar-refractivity contribution in [3.8, 4) is 0 Å². The fourth-order valence-corrected chi connectivity index (χ4v) is 3.27. The molecule has 104 valence electrons. The van der Waals surface area contributed by atoms with E-state index in [0.29, 0.717) is 18.5 Å². The average molecular weight is 253 g/mol. The van der Waals surface area contributed by atoms with Gasteiger partial charge >= 0.3 is 0 Å². The first-order valence-electron chi connectivity index (χ1n) is 7.48. The lowest BCUT2D eigenvalue weighted by molar-refractivity contribution is -0.136. The van der Waals surface area contributed by atoms with Crippen LogP contribution in [0.4, 0.5) is 0 Å². The molecule has 2 N–H and O–H groups in total. The van der Waals surface area contributed by atoms with Crippen LogP contribution in [0.25, 0.3) is 0 Å². The first kappa shape index (κ1) is 13.8. The van der Waals surface area contributed by atoms with Crippen LogP contribution in [0.1, 0.15) is 45.4 Å². The summed E-state index contributed by atoms with van der Waals surface area (Å²) >= 11 is 0. The molecule has 2 saturated heterocycles. The van der Waals surface area contributed by atoms with Crippen molar-refractivity contribution in [2.24, 2.45) is 5.73 Å². The zero-order chi connectivity index (χ0) is 13.0. The number of rotatable bonds is 3. The Kier molecular flexibility index (Phi) is 5.01. The van der Waals surface area contributed by atoms with Crippen molar-refractivity contribution in [2.45, 2.75) is 57.5 Å². The van der Waals surface area contributed by atoms with Crippen molar-refractivity contribution in [3.05, 3.63) is 0 Å². The molecule has 0 aromatic heterocycles. The van der Waals surface area contributed by atoms with Gasteiger partial charge < -0.3 is 10.6 Å². The van der Waals surface area contributed by atoms with Gasteiger partial charge in [-0.05, 0) is 45.1 Å². The maximum absolute atomic E-state index is 12.4. The maximum atomic E-state index is 12.4. The molecule has 18 heavy (non-hydrogen) atoms. The number of piperidine rings is 2. The summed E-state index contributed by atoms with van der Waals surface area (Å²) < 4.78 is 0. The summed E-state index contributed by atoms with van der Waals surface area (Å²) in [6, 6.07) is 0.736. The molecule has 0 spiro atoms. The minimum Gasteiger partial charge on any atom is -0.339 e. The van der Waals surface area contributed by atoms with Crippen LogP contribution in [-0.2, 0) is 4.79 Å². The molecule has 1 unspecified atom stereocenters. The number of hydrogen-bond acceptors (Lipinski definition) is 3. The van der Waals surface area contributed by atoms with E-state index in [4.69, 9.17) is 5.73 Å². The molecule has 4 nitrogen and oxygen atoms in total. The van der Waals surface area contributed by atoms with Crippen LogP contribution in [0.15, 0.2) is 0 Å². The third kappa shape index (κ3) is 3.45. The second-order valence-electron chi connectivity index (χ2n) is 5.78.